The molecule has 0 fully saturated rings. The van der Waals surface area contributed by atoms with Crippen molar-refractivity contribution < 1.29 is 4.74 Å². The van der Waals surface area contributed by atoms with Gasteiger partial charge in [0.2, 0.25) is 0 Å². The van der Waals surface area contributed by atoms with E-state index in [-0.39, 0.29) is 0 Å². The molecule has 0 aromatic heterocycles. The molecule has 3 nitrogen and oxygen atoms in total. The molecule has 0 atom stereocenters. The maximum Gasteiger partial charge on any atom is 0.154 e. The fourth-order valence-corrected chi connectivity index (χ4v) is 2.69. The third kappa shape index (κ3) is 4.99. The van der Waals surface area contributed by atoms with Crippen LogP contribution in [-0.4, -0.2) is 12.3 Å². The zero-order chi connectivity index (χ0) is 15.1. The molecule has 2 aromatic rings. The molecule has 2 rings (SSSR count). The van der Waals surface area contributed by atoms with Gasteiger partial charge in [-0.05, 0) is 23.8 Å². The molecule has 110 valence electrons. The number of amidine groups is 1. The number of hydrogen-bond acceptors (Lipinski definition) is 3. The number of methoxy groups -OCH3 is 1. The topological polar surface area (TPSA) is 47.6 Å². The van der Waals surface area contributed by atoms with Crippen molar-refractivity contribution in [2.75, 3.05) is 7.11 Å². The van der Waals surface area contributed by atoms with Gasteiger partial charge in [0.1, 0.15) is 5.75 Å². The number of hydrogen-bond donors (Lipinski definition) is 1. The van der Waals surface area contributed by atoms with Gasteiger partial charge in [-0.3, -0.25) is 4.99 Å². The van der Waals surface area contributed by atoms with Gasteiger partial charge in [0.05, 0.1) is 13.7 Å². The van der Waals surface area contributed by atoms with Crippen molar-refractivity contribution in [3.63, 3.8) is 0 Å². The minimum absolute atomic E-state index is 0.512. The van der Waals surface area contributed by atoms with Gasteiger partial charge in [-0.2, -0.15) is 0 Å². The van der Waals surface area contributed by atoms with E-state index in [1.807, 2.05) is 48.5 Å². The molecular weight excluding hydrogens is 304 g/mol. The van der Waals surface area contributed by atoms with Gasteiger partial charge in [0, 0.05) is 16.3 Å². The lowest BCUT2D eigenvalue weighted by atomic mass is 10.2. The smallest absolute Gasteiger partial charge is 0.154 e. The predicted octanol–water partition coefficient (Wildman–Crippen LogP) is 4.10. The third-order valence-corrected chi connectivity index (χ3v) is 4.01. The first-order chi connectivity index (χ1) is 10.2. The Kier molecular flexibility index (Phi) is 5.96. The van der Waals surface area contributed by atoms with Crippen LogP contribution < -0.4 is 10.5 Å². The molecule has 21 heavy (non-hydrogen) atoms. The molecule has 0 heterocycles. The number of nitrogens with zero attached hydrogens (tertiary/aromatic N) is 1. The highest BCUT2D eigenvalue weighted by Crippen LogP contribution is 2.20. The van der Waals surface area contributed by atoms with Gasteiger partial charge in [0.15, 0.2) is 5.17 Å². The Hall–Kier alpha value is -1.65. The monoisotopic (exact) mass is 320 g/mol. The molecule has 0 saturated heterocycles. The zero-order valence-corrected chi connectivity index (χ0v) is 13.3. The van der Waals surface area contributed by atoms with Crippen LogP contribution in [0.4, 0.5) is 0 Å². The second kappa shape index (κ2) is 7.96. The lowest BCUT2D eigenvalue weighted by Crippen LogP contribution is -2.07. The van der Waals surface area contributed by atoms with Crippen molar-refractivity contribution in [1.82, 2.24) is 0 Å². The Morgan fingerprint density at radius 1 is 1.24 bits per heavy atom. The van der Waals surface area contributed by atoms with Crippen LogP contribution >= 0.6 is 23.4 Å². The lowest BCUT2D eigenvalue weighted by Gasteiger charge is -2.06. The minimum atomic E-state index is 0.512. The van der Waals surface area contributed by atoms with Crippen LogP contribution in [-0.2, 0) is 12.3 Å². The molecule has 0 spiro atoms. The molecule has 0 unspecified atom stereocenters. The van der Waals surface area contributed by atoms with Gasteiger partial charge < -0.3 is 10.5 Å². The van der Waals surface area contributed by atoms with Crippen LogP contribution in [0.15, 0.2) is 53.5 Å². The highest BCUT2D eigenvalue weighted by atomic mass is 35.5. The third-order valence-electron chi connectivity index (χ3n) is 2.87. The molecule has 2 N–H and O–H groups in total. The van der Waals surface area contributed by atoms with Crippen LogP contribution in [0.5, 0.6) is 5.75 Å². The van der Waals surface area contributed by atoms with Crippen LogP contribution in [0, 0.1) is 0 Å². The summed E-state index contributed by atoms with van der Waals surface area (Å²) in [5.41, 5.74) is 8.09. The summed E-state index contributed by atoms with van der Waals surface area (Å²) >= 11 is 7.45. The van der Waals surface area contributed by atoms with Gasteiger partial charge in [-0.25, -0.2) is 0 Å². The normalized spacial score (nSPS) is 11.4. The Balaban J connectivity index is 1.92. The summed E-state index contributed by atoms with van der Waals surface area (Å²) in [5.74, 6) is 1.58. The quantitative estimate of drug-likeness (QED) is 0.666. The largest absolute Gasteiger partial charge is 0.496 e. The first-order valence-corrected chi connectivity index (χ1v) is 7.84. The molecule has 0 amide bonds. The van der Waals surface area contributed by atoms with E-state index in [9.17, 15) is 0 Å². The first kappa shape index (κ1) is 15.7. The first-order valence-electron chi connectivity index (χ1n) is 6.48. The number of nitrogens with two attached hydrogens (primary N) is 1. The molecule has 5 heteroatoms. The van der Waals surface area contributed by atoms with E-state index in [0.717, 1.165) is 27.7 Å². The molecule has 0 aliphatic rings. The Labute approximate surface area is 134 Å². The molecule has 0 saturated carbocycles. The fourth-order valence-electron chi connectivity index (χ4n) is 1.83. The second-order valence-corrected chi connectivity index (χ2v) is 5.82. The van der Waals surface area contributed by atoms with Crippen LogP contribution in [0.2, 0.25) is 5.02 Å². The van der Waals surface area contributed by atoms with E-state index >= 15 is 0 Å². The molecule has 0 radical (unpaired) electrons. The summed E-state index contributed by atoms with van der Waals surface area (Å²) in [5, 5.41) is 1.29. The summed E-state index contributed by atoms with van der Waals surface area (Å²) in [6.07, 6.45) is 0. The fraction of sp³-hybridized carbons (Fsp3) is 0.188. The van der Waals surface area contributed by atoms with Gasteiger partial charge in [0.25, 0.3) is 0 Å². The SMILES string of the molecule is COc1ccccc1CN=C(N)SCc1cccc(Cl)c1. The van der Waals surface area contributed by atoms with Crippen LogP contribution in [0.1, 0.15) is 11.1 Å². The van der Waals surface area contributed by atoms with Crippen molar-refractivity contribution in [2.45, 2.75) is 12.3 Å². The average molecular weight is 321 g/mol. The van der Waals surface area contributed by atoms with Gasteiger partial charge >= 0.3 is 0 Å². The number of halogens is 1. The highest BCUT2D eigenvalue weighted by Gasteiger charge is 2.02. The second-order valence-electron chi connectivity index (χ2n) is 4.38. The summed E-state index contributed by atoms with van der Waals surface area (Å²) in [7, 11) is 1.65. The van der Waals surface area contributed by atoms with E-state index in [2.05, 4.69) is 4.99 Å². The van der Waals surface area contributed by atoms with Crippen molar-refractivity contribution in [2.24, 2.45) is 10.7 Å². The standard InChI is InChI=1S/C16H17ClN2OS/c1-20-15-8-3-2-6-13(15)10-19-16(18)21-11-12-5-4-7-14(17)9-12/h2-9H,10-11H2,1H3,(H2,18,19). The summed E-state index contributed by atoms with van der Waals surface area (Å²) in [6.45, 7) is 0.512. The molecular formula is C16H17ClN2OS. The summed E-state index contributed by atoms with van der Waals surface area (Å²) in [6, 6.07) is 15.5. The van der Waals surface area contributed by atoms with Crippen molar-refractivity contribution in [1.29, 1.82) is 0 Å². The lowest BCUT2D eigenvalue weighted by molar-refractivity contribution is 0.410. The molecule has 0 aliphatic carbocycles. The molecule has 0 bridgehead atoms. The number of rotatable bonds is 5. The highest BCUT2D eigenvalue weighted by molar-refractivity contribution is 8.13. The Morgan fingerprint density at radius 3 is 2.81 bits per heavy atom. The summed E-state index contributed by atoms with van der Waals surface area (Å²) < 4.78 is 5.29. The average Bonchev–Trinajstić information content (AvgIpc) is 2.51. The van der Waals surface area contributed by atoms with Crippen LogP contribution in [0.25, 0.3) is 0 Å². The Bertz CT molecular complexity index is 631. The number of ether oxygens (including phenoxy) is 1. The van der Waals surface area contributed by atoms with E-state index in [1.165, 1.54) is 11.8 Å². The van der Waals surface area contributed by atoms with Gasteiger partial charge in [-0.1, -0.05) is 53.7 Å². The Morgan fingerprint density at radius 2 is 2.05 bits per heavy atom. The predicted molar refractivity (Wildman–Crippen MR) is 91.1 cm³/mol. The number of thioether (sulfide) groups is 1. The van der Waals surface area contributed by atoms with Crippen LogP contribution in [0.3, 0.4) is 0 Å². The number of aliphatic imine (C=N–C) groups is 1. The van der Waals surface area contributed by atoms with E-state index in [0.29, 0.717) is 11.7 Å². The van der Waals surface area contributed by atoms with Crippen molar-refractivity contribution >= 4 is 28.5 Å². The van der Waals surface area contributed by atoms with E-state index in [1.54, 1.807) is 7.11 Å². The molecule has 0 aliphatic heterocycles. The van der Waals surface area contributed by atoms with Gasteiger partial charge in [-0.15, -0.1) is 0 Å². The van der Waals surface area contributed by atoms with E-state index in [4.69, 9.17) is 22.1 Å². The van der Waals surface area contributed by atoms with E-state index < -0.39 is 0 Å². The number of benzene rings is 2. The molecule has 2 aromatic carbocycles. The minimum Gasteiger partial charge on any atom is -0.496 e. The maximum atomic E-state index is 5.95. The zero-order valence-electron chi connectivity index (χ0n) is 11.8. The maximum absolute atomic E-state index is 5.95. The van der Waals surface area contributed by atoms with Crippen molar-refractivity contribution in [3.8, 4) is 5.75 Å². The number of para-hydroxylation sites is 1. The summed E-state index contributed by atoms with van der Waals surface area (Å²) in [4.78, 5) is 4.38. The van der Waals surface area contributed by atoms with Crippen molar-refractivity contribution in [3.05, 3.63) is 64.7 Å².